The number of anilines is 1. The molecule has 0 aliphatic rings. The molecule has 5 nitrogen and oxygen atoms in total. The van der Waals surface area contributed by atoms with Gasteiger partial charge in [0.15, 0.2) is 0 Å². The fourth-order valence-corrected chi connectivity index (χ4v) is 1.28. The number of nitrogens with two attached hydrogens (primary N) is 1. The number of carbonyl (C=O) groups is 1. The third-order valence-electron chi connectivity index (χ3n) is 2.23. The van der Waals surface area contributed by atoms with Gasteiger partial charge in [0.25, 0.3) is 0 Å². The van der Waals surface area contributed by atoms with Gasteiger partial charge in [-0.15, -0.1) is 0 Å². The zero-order valence-electron chi connectivity index (χ0n) is 9.05. The number of nitrogens with one attached hydrogen (secondary N) is 2. The van der Waals surface area contributed by atoms with Crippen molar-refractivity contribution in [3.8, 4) is 0 Å². The first-order chi connectivity index (χ1) is 7.24. The van der Waals surface area contributed by atoms with Gasteiger partial charge in [-0.1, -0.05) is 19.8 Å². The molecule has 4 N–H and O–H groups in total. The maximum absolute atomic E-state index is 11.3. The smallest absolute Gasteiger partial charge is 0.220 e. The molecular formula is C10H18N4O. The maximum atomic E-state index is 11.3. The lowest BCUT2D eigenvalue weighted by Gasteiger charge is -2.03. The number of nitrogen functional groups attached to an aromatic ring is 1. The molecule has 0 aliphatic carbocycles. The van der Waals surface area contributed by atoms with E-state index < -0.39 is 0 Å². The number of nitrogens with zero attached hydrogens (tertiary/aromatic N) is 1. The number of hydrogen-bond acceptors (Lipinski definition) is 3. The van der Waals surface area contributed by atoms with Gasteiger partial charge in [0.1, 0.15) is 5.82 Å². The quantitative estimate of drug-likeness (QED) is 0.617. The second-order valence-corrected chi connectivity index (χ2v) is 3.54. The average Bonchev–Trinajstić information content (AvgIpc) is 2.61. The first-order valence-electron chi connectivity index (χ1n) is 5.28. The lowest BCUT2D eigenvalue weighted by Crippen LogP contribution is -2.22. The lowest BCUT2D eigenvalue weighted by atomic mass is 10.2. The monoisotopic (exact) mass is 210 g/mol. The van der Waals surface area contributed by atoms with Gasteiger partial charge in [0.05, 0.1) is 6.20 Å². The Hall–Kier alpha value is -1.52. The van der Waals surface area contributed by atoms with E-state index in [-0.39, 0.29) is 5.91 Å². The molecule has 1 heterocycles. The van der Waals surface area contributed by atoms with Crippen LogP contribution in [-0.2, 0) is 11.3 Å². The van der Waals surface area contributed by atoms with Crippen molar-refractivity contribution in [2.75, 3.05) is 5.73 Å². The molecule has 0 atom stereocenters. The molecule has 0 fully saturated rings. The SMILES string of the molecule is CCCCCC(=O)NCc1cn[nH]c1N. The molecule has 0 unspecified atom stereocenters. The van der Waals surface area contributed by atoms with Crippen LogP contribution in [0.15, 0.2) is 6.20 Å². The number of unbranched alkanes of at least 4 members (excludes halogenated alkanes) is 2. The average molecular weight is 210 g/mol. The third-order valence-corrected chi connectivity index (χ3v) is 2.23. The van der Waals surface area contributed by atoms with Gasteiger partial charge >= 0.3 is 0 Å². The van der Waals surface area contributed by atoms with Crippen LogP contribution in [0.2, 0.25) is 0 Å². The minimum atomic E-state index is 0.0732. The van der Waals surface area contributed by atoms with Crippen molar-refractivity contribution in [3.05, 3.63) is 11.8 Å². The summed E-state index contributed by atoms with van der Waals surface area (Å²) in [5.41, 5.74) is 6.41. The number of carbonyl (C=O) groups excluding carboxylic acids is 1. The van der Waals surface area contributed by atoms with Crippen LogP contribution in [0.25, 0.3) is 0 Å². The summed E-state index contributed by atoms with van der Waals surface area (Å²) in [6.07, 6.45) is 5.39. The van der Waals surface area contributed by atoms with E-state index >= 15 is 0 Å². The maximum Gasteiger partial charge on any atom is 0.220 e. The van der Waals surface area contributed by atoms with E-state index in [4.69, 9.17) is 5.73 Å². The zero-order chi connectivity index (χ0) is 11.1. The molecule has 5 heteroatoms. The van der Waals surface area contributed by atoms with E-state index in [0.29, 0.717) is 18.8 Å². The third kappa shape index (κ3) is 4.01. The van der Waals surface area contributed by atoms with E-state index in [1.54, 1.807) is 6.20 Å². The fourth-order valence-electron chi connectivity index (χ4n) is 1.28. The summed E-state index contributed by atoms with van der Waals surface area (Å²) in [5, 5.41) is 9.20. The number of amides is 1. The summed E-state index contributed by atoms with van der Waals surface area (Å²) in [6, 6.07) is 0. The molecule has 0 radical (unpaired) electrons. The number of hydrogen-bond donors (Lipinski definition) is 3. The second-order valence-electron chi connectivity index (χ2n) is 3.54. The van der Waals surface area contributed by atoms with Crippen molar-refractivity contribution in [2.45, 2.75) is 39.2 Å². The summed E-state index contributed by atoms with van der Waals surface area (Å²) < 4.78 is 0. The summed E-state index contributed by atoms with van der Waals surface area (Å²) in [4.78, 5) is 11.3. The largest absolute Gasteiger partial charge is 0.384 e. The molecule has 0 aromatic carbocycles. The van der Waals surface area contributed by atoms with E-state index in [9.17, 15) is 4.79 Å². The van der Waals surface area contributed by atoms with Crippen molar-refractivity contribution in [1.82, 2.24) is 15.5 Å². The molecule has 1 aromatic heterocycles. The number of aromatic amines is 1. The highest BCUT2D eigenvalue weighted by atomic mass is 16.1. The Labute approximate surface area is 89.4 Å². The van der Waals surface area contributed by atoms with E-state index in [1.807, 2.05) is 0 Å². The first kappa shape index (κ1) is 11.6. The molecule has 0 aliphatic heterocycles. The van der Waals surface area contributed by atoms with Crippen molar-refractivity contribution < 1.29 is 4.79 Å². The van der Waals surface area contributed by atoms with Crippen LogP contribution in [0, 0.1) is 0 Å². The summed E-state index contributed by atoms with van der Waals surface area (Å²) in [6.45, 7) is 2.57. The Bertz CT molecular complexity index is 308. The van der Waals surface area contributed by atoms with Crippen molar-refractivity contribution >= 4 is 11.7 Å². The minimum absolute atomic E-state index is 0.0732. The van der Waals surface area contributed by atoms with E-state index in [1.165, 1.54) is 0 Å². The highest BCUT2D eigenvalue weighted by Gasteiger charge is 2.04. The number of aromatic nitrogens is 2. The molecule has 0 spiro atoms. The standard InChI is InChI=1S/C10H18N4O/c1-2-3-4-5-9(15)12-6-8-7-13-14-10(8)11/h7H,2-6H2,1H3,(H,12,15)(H3,11,13,14). The van der Waals surface area contributed by atoms with Crippen LogP contribution in [0.3, 0.4) is 0 Å². The molecule has 84 valence electrons. The molecule has 0 saturated carbocycles. The van der Waals surface area contributed by atoms with Gasteiger partial charge in [-0.3, -0.25) is 9.89 Å². The van der Waals surface area contributed by atoms with Crippen LogP contribution in [0.4, 0.5) is 5.82 Å². The first-order valence-corrected chi connectivity index (χ1v) is 5.28. The fraction of sp³-hybridized carbons (Fsp3) is 0.600. The normalized spacial score (nSPS) is 10.2. The topological polar surface area (TPSA) is 83.8 Å². The lowest BCUT2D eigenvalue weighted by molar-refractivity contribution is -0.121. The molecule has 0 saturated heterocycles. The van der Waals surface area contributed by atoms with Crippen molar-refractivity contribution in [3.63, 3.8) is 0 Å². The zero-order valence-corrected chi connectivity index (χ0v) is 9.05. The number of H-pyrrole nitrogens is 1. The summed E-state index contributed by atoms with van der Waals surface area (Å²) >= 11 is 0. The van der Waals surface area contributed by atoms with Crippen LogP contribution in [0.5, 0.6) is 0 Å². The molecule has 1 rings (SSSR count). The molecular weight excluding hydrogens is 192 g/mol. The predicted molar refractivity (Wildman–Crippen MR) is 59.0 cm³/mol. The summed E-state index contributed by atoms with van der Waals surface area (Å²) in [5.74, 6) is 0.591. The molecule has 1 aromatic rings. The van der Waals surface area contributed by atoms with Gasteiger partial charge in [-0.25, -0.2) is 0 Å². The van der Waals surface area contributed by atoms with E-state index in [0.717, 1.165) is 24.8 Å². The Balaban J connectivity index is 2.20. The Morgan fingerprint density at radius 3 is 3.00 bits per heavy atom. The van der Waals surface area contributed by atoms with Crippen LogP contribution in [-0.4, -0.2) is 16.1 Å². The highest BCUT2D eigenvalue weighted by molar-refractivity contribution is 5.75. The summed E-state index contributed by atoms with van der Waals surface area (Å²) in [7, 11) is 0. The second kappa shape index (κ2) is 6.06. The minimum Gasteiger partial charge on any atom is -0.384 e. The molecule has 1 amide bonds. The Morgan fingerprint density at radius 1 is 1.60 bits per heavy atom. The van der Waals surface area contributed by atoms with Crippen LogP contribution >= 0.6 is 0 Å². The Kier molecular flexibility index (Phi) is 4.66. The predicted octanol–water partition coefficient (Wildman–Crippen LogP) is 1.19. The van der Waals surface area contributed by atoms with Gasteiger partial charge in [0.2, 0.25) is 5.91 Å². The van der Waals surface area contributed by atoms with Crippen LogP contribution < -0.4 is 11.1 Å². The van der Waals surface area contributed by atoms with Gasteiger partial charge < -0.3 is 11.1 Å². The van der Waals surface area contributed by atoms with Gasteiger partial charge in [-0.05, 0) is 6.42 Å². The molecule has 0 bridgehead atoms. The Morgan fingerprint density at radius 2 is 2.40 bits per heavy atom. The van der Waals surface area contributed by atoms with E-state index in [2.05, 4.69) is 22.4 Å². The van der Waals surface area contributed by atoms with Gasteiger partial charge in [-0.2, -0.15) is 5.10 Å². The highest BCUT2D eigenvalue weighted by Crippen LogP contribution is 2.05. The van der Waals surface area contributed by atoms with Gasteiger partial charge in [0, 0.05) is 18.5 Å². The van der Waals surface area contributed by atoms with Crippen molar-refractivity contribution in [2.24, 2.45) is 0 Å². The number of rotatable bonds is 6. The molecule has 15 heavy (non-hydrogen) atoms. The van der Waals surface area contributed by atoms with Crippen LogP contribution in [0.1, 0.15) is 38.2 Å². The van der Waals surface area contributed by atoms with Crippen molar-refractivity contribution in [1.29, 1.82) is 0 Å².